The SMILES string of the molecule is CC1=C(C)C(C)[C]([Zr]([CH]2C=C(c3ccc(Cl)cc3)c3ccccc32)=[Si](C)C)=C1C. The number of rotatable bonds is 3. The van der Waals surface area contributed by atoms with Crippen molar-refractivity contribution in [3.05, 3.63) is 96.3 Å². The van der Waals surface area contributed by atoms with Gasteiger partial charge in [0.2, 0.25) is 0 Å². The van der Waals surface area contributed by atoms with E-state index in [2.05, 4.69) is 83.3 Å². The number of hydrogen-bond donors (Lipinski definition) is 0. The fraction of sp³-hybridized carbons (Fsp3) is 0.308. The molecule has 0 nitrogen and oxygen atoms in total. The molecule has 0 radical (unpaired) electrons. The third kappa shape index (κ3) is 3.67. The van der Waals surface area contributed by atoms with Crippen LogP contribution < -0.4 is 0 Å². The summed E-state index contributed by atoms with van der Waals surface area (Å²) in [5, 5.41) is 0.804. The zero-order valence-electron chi connectivity index (χ0n) is 18.2. The quantitative estimate of drug-likeness (QED) is 0.379. The zero-order valence-corrected chi connectivity index (χ0v) is 22.4. The van der Waals surface area contributed by atoms with E-state index in [0.29, 0.717) is 9.54 Å². The number of fused-ring (bicyclic) bond motifs is 1. The van der Waals surface area contributed by atoms with Crippen LogP contribution in [0.5, 0.6) is 0 Å². The van der Waals surface area contributed by atoms with Crippen LogP contribution in [0.15, 0.2) is 74.6 Å². The fourth-order valence-electron chi connectivity index (χ4n) is 5.03. The predicted molar refractivity (Wildman–Crippen MR) is 125 cm³/mol. The molecule has 2 unspecified atom stereocenters. The zero-order chi connectivity index (χ0) is 20.9. The topological polar surface area (TPSA) is 0 Å². The van der Waals surface area contributed by atoms with E-state index in [4.69, 9.17) is 11.6 Å². The van der Waals surface area contributed by atoms with E-state index in [1.54, 1.807) is 22.3 Å². The summed E-state index contributed by atoms with van der Waals surface area (Å²) in [6.45, 7) is 14.7. The molecule has 0 heterocycles. The molecule has 0 saturated carbocycles. The maximum absolute atomic E-state index is 6.17. The van der Waals surface area contributed by atoms with Crippen LogP contribution in [0, 0.1) is 5.92 Å². The Morgan fingerprint density at radius 2 is 1.55 bits per heavy atom. The van der Waals surface area contributed by atoms with Gasteiger partial charge in [-0.2, -0.15) is 0 Å². The molecular formula is C26H29ClSiZr. The van der Waals surface area contributed by atoms with Gasteiger partial charge in [0.1, 0.15) is 0 Å². The second-order valence-electron chi connectivity index (χ2n) is 8.63. The van der Waals surface area contributed by atoms with Crippen molar-refractivity contribution in [3.8, 4) is 0 Å². The van der Waals surface area contributed by atoms with Crippen LogP contribution >= 0.6 is 11.6 Å². The fourth-order valence-corrected chi connectivity index (χ4v) is 24.8. The van der Waals surface area contributed by atoms with Gasteiger partial charge in [0, 0.05) is 0 Å². The van der Waals surface area contributed by atoms with Crippen LogP contribution in [0.2, 0.25) is 18.1 Å². The van der Waals surface area contributed by atoms with E-state index in [9.17, 15) is 0 Å². The molecule has 2 aromatic carbocycles. The molecule has 2 aliphatic carbocycles. The molecular weight excluding hydrogens is 467 g/mol. The molecule has 3 heteroatoms. The Morgan fingerprint density at radius 1 is 0.897 bits per heavy atom. The van der Waals surface area contributed by atoms with Gasteiger partial charge in [-0.1, -0.05) is 0 Å². The van der Waals surface area contributed by atoms with Crippen molar-refractivity contribution in [1.82, 2.24) is 0 Å². The van der Waals surface area contributed by atoms with Crippen molar-refractivity contribution in [2.45, 2.75) is 44.4 Å². The van der Waals surface area contributed by atoms with Gasteiger partial charge in [0.25, 0.3) is 0 Å². The Kier molecular flexibility index (Phi) is 6.09. The molecule has 0 spiro atoms. The average Bonchev–Trinajstić information content (AvgIpc) is 3.17. The van der Waals surface area contributed by atoms with E-state index in [1.807, 2.05) is 15.4 Å². The summed E-state index contributed by atoms with van der Waals surface area (Å²) in [6, 6.07) is 17.5. The molecule has 0 aromatic heterocycles. The van der Waals surface area contributed by atoms with Gasteiger partial charge in [-0.15, -0.1) is 0 Å². The van der Waals surface area contributed by atoms with Gasteiger partial charge in [-0.25, -0.2) is 0 Å². The average molecular weight is 496 g/mol. The van der Waals surface area contributed by atoms with Crippen LogP contribution in [-0.2, 0) is 20.4 Å². The normalized spacial score (nSPS) is 20.9. The first-order valence-electron chi connectivity index (χ1n) is 10.4. The Hall–Kier alpha value is -0.950. The van der Waals surface area contributed by atoms with Crippen LogP contribution in [0.4, 0.5) is 0 Å². The summed E-state index contributed by atoms with van der Waals surface area (Å²) in [4.78, 5) is 0. The molecule has 0 amide bonds. The molecule has 2 atom stereocenters. The third-order valence-corrected chi connectivity index (χ3v) is 25.7. The van der Waals surface area contributed by atoms with E-state index >= 15 is 0 Å². The molecule has 2 aliphatic rings. The first-order chi connectivity index (χ1) is 13.8. The van der Waals surface area contributed by atoms with Gasteiger partial charge in [0.05, 0.1) is 0 Å². The number of allylic oxidation sites excluding steroid dienone is 5. The number of halogens is 1. The van der Waals surface area contributed by atoms with Gasteiger partial charge in [-0.3, -0.25) is 0 Å². The Morgan fingerprint density at radius 3 is 2.14 bits per heavy atom. The minimum absolute atomic E-state index is 0.357. The first-order valence-corrected chi connectivity index (χ1v) is 19.7. The van der Waals surface area contributed by atoms with Crippen molar-refractivity contribution < 1.29 is 20.4 Å². The van der Waals surface area contributed by atoms with Crippen LogP contribution in [-0.4, -0.2) is 5.43 Å². The van der Waals surface area contributed by atoms with Crippen LogP contribution in [0.25, 0.3) is 5.57 Å². The third-order valence-electron chi connectivity index (χ3n) is 6.85. The predicted octanol–water partition coefficient (Wildman–Crippen LogP) is 7.96. The summed E-state index contributed by atoms with van der Waals surface area (Å²) in [7, 11) is 0. The first kappa shape index (κ1) is 21.3. The van der Waals surface area contributed by atoms with Gasteiger partial charge >= 0.3 is 190 Å². The van der Waals surface area contributed by atoms with Crippen molar-refractivity contribution in [1.29, 1.82) is 0 Å². The summed E-state index contributed by atoms with van der Waals surface area (Å²) in [5.41, 5.74) is 10.2. The van der Waals surface area contributed by atoms with Crippen LogP contribution in [0.1, 0.15) is 48.0 Å². The molecule has 4 rings (SSSR count). The van der Waals surface area contributed by atoms with E-state index in [1.165, 1.54) is 16.7 Å². The van der Waals surface area contributed by atoms with Crippen molar-refractivity contribution >= 4 is 22.6 Å². The second-order valence-corrected chi connectivity index (χ2v) is 26.5. The van der Waals surface area contributed by atoms with Gasteiger partial charge in [-0.05, 0) is 0 Å². The summed E-state index contributed by atoms with van der Waals surface area (Å²) in [6.07, 6.45) is 2.64. The van der Waals surface area contributed by atoms with Crippen molar-refractivity contribution in [2.24, 2.45) is 5.92 Å². The number of benzene rings is 2. The van der Waals surface area contributed by atoms with Crippen LogP contribution in [0.3, 0.4) is 0 Å². The van der Waals surface area contributed by atoms with Crippen molar-refractivity contribution in [2.75, 3.05) is 0 Å². The summed E-state index contributed by atoms with van der Waals surface area (Å²) >= 11 is 4.25. The van der Waals surface area contributed by atoms with Gasteiger partial charge < -0.3 is 0 Å². The molecule has 0 aliphatic heterocycles. The van der Waals surface area contributed by atoms with Crippen molar-refractivity contribution in [3.63, 3.8) is 0 Å². The Balaban J connectivity index is 1.89. The number of hydrogen-bond acceptors (Lipinski definition) is 0. The standard InChI is InChI=1S/C15H10Cl.C9H13.C2H6Si.Zr/c16-13-8-5-12(6-9-13)15-10-7-11-3-1-2-4-14(11)15;1-6-5-7(2)9(4)8(6)3;1-3-2;/h1-10H;6H,1-4H3;1-2H3;. The Bertz CT molecular complexity index is 1110. The molecule has 0 bridgehead atoms. The summed E-state index contributed by atoms with van der Waals surface area (Å²) in [5.74, 6) is 0.643. The Labute approximate surface area is 188 Å². The van der Waals surface area contributed by atoms with E-state index < -0.39 is 20.4 Å². The molecule has 0 fully saturated rings. The minimum atomic E-state index is -1.92. The molecule has 29 heavy (non-hydrogen) atoms. The monoisotopic (exact) mass is 494 g/mol. The molecule has 0 saturated heterocycles. The van der Waals surface area contributed by atoms with E-state index in [-0.39, 0.29) is 5.43 Å². The molecule has 148 valence electrons. The van der Waals surface area contributed by atoms with Gasteiger partial charge in [0.15, 0.2) is 0 Å². The second kappa shape index (κ2) is 8.29. The summed E-state index contributed by atoms with van der Waals surface area (Å²) < 4.78 is 2.53. The molecule has 0 N–H and O–H groups in total. The molecule has 2 aromatic rings. The van der Waals surface area contributed by atoms with E-state index in [0.717, 1.165) is 5.02 Å². The maximum atomic E-state index is 6.17.